The summed E-state index contributed by atoms with van der Waals surface area (Å²) in [6, 6.07) is 19.2. The van der Waals surface area contributed by atoms with Crippen LogP contribution in [0, 0.1) is 5.92 Å². The minimum absolute atomic E-state index is 0.0694. The molecule has 0 spiro atoms. The highest BCUT2D eigenvalue weighted by Gasteiger charge is 2.52. The van der Waals surface area contributed by atoms with E-state index >= 15 is 0 Å². The van der Waals surface area contributed by atoms with Gasteiger partial charge in [-0.1, -0.05) is 49.4 Å². The molecule has 44 heavy (non-hydrogen) atoms. The van der Waals surface area contributed by atoms with Crippen LogP contribution in [0.5, 0.6) is 11.5 Å². The smallest absolute Gasteiger partial charge is 0.266 e. The molecule has 0 aromatic heterocycles. The van der Waals surface area contributed by atoms with Gasteiger partial charge in [-0.05, 0) is 55.3 Å². The first-order chi connectivity index (χ1) is 21.3. The number of carbonyl (C=O) groups excluding carboxylic acids is 3. The van der Waals surface area contributed by atoms with Crippen LogP contribution in [0.4, 0.5) is 17.1 Å². The number of rotatable bonds is 8. The Kier molecular flexibility index (Phi) is 7.84. The van der Waals surface area contributed by atoms with Gasteiger partial charge < -0.3 is 24.7 Å². The lowest BCUT2D eigenvalue weighted by atomic mass is 9.82. The van der Waals surface area contributed by atoms with Crippen LogP contribution in [0.25, 0.3) is 0 Å². The van der Waals surface area contributed by atoms with Crippen LogP contribution in [-0.4, -0.2) is 58.6 Å². The Morgan fingerprint density at radius 2 is 1.84 bits per heavy atom. The molecule has 1 saturated heterocycles. The number of amides is 3. The Hall–Kier alpha value is -4.73. The number of benzene rings is 3. The fourth-order valence-corrected chi connectivity index (χ4v) is 6.43. The largest absolute Gasteiger partial charge is 0.454 e. The molecule has 9 nitrogen and oxygen atoms in total. The Labute approximate surface area is 256 Å². The molecule has 3 amide bonds. The van der Waals surface area contributed by atoms with Crippen molar-refractivity contribution < 1.29 is 29.3 Å². The number of hydrogen-bond donors (Lipinski definition) is 2. The second-order valence-corrected chi connectivity index (χ2v) is 11.4. The van der Waals surface area contributed by atoms with Gasteiger partial charge in [0.05, 0.1) is 29.6 Å². The Morgan fingerprint density at radius 1 is 1.09 bits per heavy atom. The lowest BCUT2D eigenvalue weighted by Crippen LogP contribution is -2.44. The van der Waals surface area contributed by atoms with Gasteiger partial charge in [0.2, 0.25) is 5.91 Å². The third-order valence-electron chi connectivity index (χ3n) is 8.75. The average Bonchev–Trinajstić information content (AvgIpc) is 3.56. The summed E-state index contributed by atoms with van der Waals surface area (Å²) in [7, 11) is 0. The summed E-state index contributed by atoms with van der Waals surface area (Å²) in [5.41, 5.74) is 0.285. The molecule has 3 heterocycles. The van der Waals surface area contributed by atoms with E-state index in [0.717, 1.165) is 12.8 Å². The molecule has 3 aromatic rings. The molecule has 6 rings (SSSR count). The molecule has 0 saturated carbocycles. The van der Waals surface area contributed by atoms with Crippen molar-refractivity contribution in [1.29, 1.82) is 0 Å². The van der Waals surface area contributed by atoms with Crippen LogP contribution in [0.3, 0.4) is 0 Å². The number of likely N-dealkylation sites (tertiary alicyclic amines) is 1. The zero-order valence-corrected chi connectivity index (χ0v) is 24.6. The van der Waals surface area contributed by atoms with Crippen molar-refractivity contribution in [3.8, 4) is 11.5 Å². The third kappa shape index (κ3) is 4.78. The average molecular weight is 594 g/mol. The maximum atomic E-state index is 14.0. The monoisotopic (exact) mass is 593 g/mol. The van der Waals surface area contributed by atoms with Gasteiger partial charge in [0.25, 0.3) is 11.8 Å². The van der Waals surface area contributed by atoms with Crippen molar-refractivity contribution in [2.45, 2.75) is 37.8 Å². The molecule has 2 N–H and O–H groups in total. The predicted molar refractivity (Wildman–Crippen MR) is 167 cm³/mol. The molecule has 0 aliphatic carbocycles. The fourth-order valence-electron chi connectivity index (χ4n) is 6.43. The molecule has 1 fully saturated rings. The van der Waals surface area contributed by atoms with Crippen LogP contribution < -0.4 is 14.5 Å². The van der Waals surface area contributed by atoms with E-state index in [-0.39, 0.29) is 37.4 Å². The van der Waals surface area contributed by atoms with Crippen LogP contribution in [0.2, 0.25) is 0 Å². The highest BCUT2D eigenvalue weighted by atomic mass is 16.5. The first-order valence-electron chi connectivity index (χ1n) is 14.9. The number of fused-ring (bicyclic) bond motifs is 3. The van der Waals surface area contributed by atoms with Crippen LogP contribution in [0.15, 0.2) is 91.5 Å². The second kappa shape index (κ2) is 11.7. The standard InChI is InChI=1S/C35H35N3O6/c1-3-19-37-28-18-17-24(38-29-13-5-7-15-31(29)44-30-14-6-4-12-26(30)33(38)41)21-27(28)35(43,34(37)42)23(2)10-8-16-32(40)36-20-9-11-25(36)22-39/h3-8,10,12-15,17-18,21,23,25,39,43H,1,9,11,16,19-20,22H2,2H3/b10-8+/t23-,25+,35+/m1/s1. The van der Waals surface area contributed by atoms with E-state index in [1.54, 1.807) is 84.6 Å². The van der Waals surface area contributed by atoms with Gasteiger partial charge in [-0.3, -0.25) is 19.3 Å². The van der Waals surface area contributed by atoms with Gasteiger partial charge in [0.1, 0.15) is 5.75 Å². The summed E-state index contributed by atoms with van der Waals surface area (Å²) in [5.74, 6) is -0.708. The third-order valence-corrected chi connectivity index (χ3v) is 8.75. The molecule has 0 radical (unpaired) electrons. The van der Waals surface area contributed by atoms with Gasteiger partial charge in [-0.25, -0.2) is 0 Å². The normalized spacial score (nSPS) is 21.5. The Morgan fingerprint density at radius 3 is 2.61 bits per heavy atom. The molecule has 9 heteroatoms. The first-order valence-corrected chi connectivity index (χ1v) is 14.9. The summed E-state index contributed by atoms with van der Waals surface area (Å²) in [4.78, 5) is 45.4. The number of ether oxygens (including phenoxy) is 1. The van der Waals surface area contributed by atoms with Crippen molar-refractivity contribution in [3.05, 3.63) is 103 Å². The van der Waals surface area contributed by atoms with Crippen molar-refractivity contribution >= 4 is 34.8 Å². The van der Waals surface area contributed by atoms with Gasteiger partial charge in [0.15, 0.2) is 11.4 Å². The Balaban J connectivity index is 1.38. The van der Waals surface area contributed by atoms with E-state index in [1.165, 1.54) is 9.80 Å². The first kappa shape index (κ1) is 29.3. The molecule has 3 aromatic carbocycles. The van der Waals surface area contributed by atoms with Crippen molar-refractivity contribution in [2.75, 3.05) is 29.5 Å². The minimum atomic E-state index is -1.96. The molecule has 0 bridgehead atoms. The SMILES string of the molecule is C=CCN1C(=O)[C@](O)([C@H](C)/C=C/CC(=O)N2CCC[C@H]2CO)c2cc(N3C(=O)c4ccccc4Oc4ccccc43)ccc21. The van der Waals surface area contributed by atoms with E-state index in [2.05, 4.69) is 6.58 Å². The van der Waals surface area contributed by atoms with Crippen LogP contribution >= 0.6 is 0 Å². The molecule has 226 valence electrons. The number of hydrogen-bond acceptors (Lipinski definition) is 6. The second-order valence-electron chi connectivity index (χ2n) is 11.4. The topological polar surface area (TPSA) is 111 Å². The molecular formula is C35H35N3O6. The van der Waals surface area contributed by atoms with E-state index in [1.807, 2.05) is 12.1 Å². The van der Waals surface area contributed by atoms with Gasteiger partial charge >= 0.3 is 0 Å². The maximum Gasteiger partial charge on any atom is 0.266 e. The van der Waals surface area contributed by atoms with E-state index in [4.69, 9.17) is 4.74 Å². The number of aliphatic hydroxyl groups is 2. The van der Waals surface area contributed by atoms with Crippen molar-refractivity contribution in [3.63, 3.8) is 0 Å². The number of nitrogens with zero attached hydrogens (tertiary/aromatic N) is 3. The zero-order chi connectivity index (χ0) is 31.0. The number of anilines is 3. The van der Waals surface area contributed by atoms with E-state index in [9.17, 15) is 24.6 Å². The summed E-state index contributed by atoms with van der Waals surface area (Å²) >= 11 is 0. The van der Waals surface area contributed by atoms with E-state index in [0.29, 0.717) is 46.2 Å². The lowest BCUT2D eigenvalue weighted by molar-refractivity contribution is -0.139. The van der Waals surface area contributed by atoms with Crippen molar-refractivity contribution in [1.82, 2.24) is 4.90 Å². The maximum absolute atomic E-state index is 14.0. The fraction of sp³-hybridized carbons (Fsp3) is 0.286. The van der Waals surface area contributed by atoms with Crippen LogP contribution in [-0.2, 0) is 15.2 Å². The highest BCUT2D eigenvalue weighted by molar-refractivity contribution is 6.15. The Bertz CT molecular complexity index is 1670. The zero-order valence-electron chi connectivity index (χ0n) is 24.6. The highest BCUT2D eigenvalue weighted by Crippen LogP contribution is 2.49. The van der Waals surface area contributed by atoms with E-state index < -0.39 is 17.4 Å². The molecule has 3 atom stereocenters. The van der Waals surface area contributed by atoms with Crippen LogP contribution in [0.1, 0.15) is 42.1 Å². The molecule has 3 aliphatic heterocycles. The number of carbonyl (C=O) groups is 3. The minimum Gasteiger partial charge on any atom is -0.454 e. The summed E-state index contributed by atoms with van der Waals surface area (Å²) < 4.78 is 6.14. The summed E-state index contributed by atoms with van der Waals surface area (Å²) in [6.07, 6.45) is 6.67. The summed E-state index contributed by atoms with van der Waals surface area (Å²) in [6.45, 7) is 6.24. The molecule has 0 unspecified atom stereocenters. The van der Waals surface area contributed by atoms with Crippen molar-refractivity contribution in [2.24, 2.45) is 5.92 Å². The van der Waals surface area contributed by atoms with Gasteiger partial charge in [-0.2, -0.15) is 0 Å². The summed E-state index contributed by atoms with van der Waals surface area (Å²) in [5, 5.41) is 21.8. The lowest BCUT2D eigenvalue weighted by Gasteiger charge is -2.28. The number of para-hydroxylation sites is 3. The quantitative estimate of drug-likeness (QED) is 0.354. The number of aliphatic hydroxyl groups excluding tert-OH is 1. The molecule has 3 aliphatic rings. The van der Waals surface area contributed by atoms with Gasteiger partial charge in [-0.15, -0.1) is 6.58 Å². The predicted octanol–water partition coefficient (Wildman–Crippen LogP) is 5.06. The van der Waals surface area contributed by atoms with Gasteiger partial charge in [0, 0.05) is 36.7 Å². The molecular weight excluding hydrogens is 558 g/mol.